The number of thioether (sulfide) groups is 1. The lowest BCUT2D eigenvalue weighted by Crippen LogP contribution is -2.45. The molecule has 1 fully saturated rings. The first kappa shape index (κ1) is 25.3. The lowest BCUT2D eigenvalue weighted by atomic mass is 10.2. The van der Waals surface area contributed by atoms with Crippen molar-refractivity contribution in [3.05, 3.63) is 71.5 Å². The second kappa shape index (κ2) is 12.3. The first-order valence-electron chi connectivity index (χ1n) is 12.6. The number of rotatable bonds is 10. The molecule has 2 aromatic carbocycles. The van der Waals surface area contributed by atoms with Crippen LogP contribution in [0.15, 0.2) is 59.8 Å². The van der Waals surface area contributed by atoms with Gasteiger partial charge in [-0.3, -0.25) is 9.69 Å². The van der Waals surface area contributed by atoms with Gasteiger partial charge < -0.3 is 14.8 Å². The third-order valence-electron chi connectivity index (χ3n) is 6.63. The fraction of sp³-hybridized carbons (Fsp3) is 0.429. The third kappa shape index (κ3) is 6.89. The molecule has 186 valence electrons. The van der Waals surface area contributed by atoms with Crippen LogP contribution in [0.2, 0.25) is 0 Å². The van der Waals surface area contributed by atoms with Crippen LogP contribution >= 0.6 is 11.8 Å². The van der Waals surface area contributed by atoms with Gasteiger partial charge in [0.05, 0.1) is 11.4 Å². The van der Waals surface area contributed by atoms with Crippen molar-refractivity contribution in [1.29, 1.82) is 0 Å². The molecule has 1 aliphatic heterocycles. The molecule has 7 heteroatoms. The number of aromatic nitrogens is 2. The van der Waals surface area contributed by atoms with E-state index in [1.54, 1.807) is 0 Å². The van der Waals surface area contributed by atoms with Gasteiger partial charge in [0.25, 0.3) is 0 Å². The summed E-state index contributed by atoms with van der Waals surface area (Å²) in [5, 5.41) is 3.97. The Hall–Kier alpha value is -2.77. The summed E-state index contributed by atoms with van der Waals surface area (Å²) < 4.78 is 2.24. The van der Waals surface area contributed by atoms with Crippen molar-refractivity contribution in [3.8, 4) is 0 Å². The van der Waals surface area contributed by atoms with Crippen LogP contribution in [0.25, 0.3) is 0 Å². The standard InChI is InChI=1S/C28H37N5OS/c1-4-5-15-33-23(3)22(2)29-28(33)35-21-27(34)30-25-11-13-26(14-12-25)32-18-16-31(17-19-32)20-24-9-7-6-8-10-24/h6-14H,4-5,15-21H2,1-3H3,(H,30,34). The minimum absolute atomic E-state index is 0.00220. The number of hydrogen-bond acceptors (Lipinski definition) is 5. The number of benzene rings is 2. The maximum Gasteiger partial charge on any atom is 0.234 e. The number of unbranched alkanes of at least 4 members (excludes halogenated alkanes) is 1. The van der Waals surface area contributed by atoms with Crippen molar-refractivity contribution in [2.45, 2.75) is 51.9 Å². The maximum absolute atomic E-state index is 12.6. The third-order valence-corrected chi connectivity index (χ3v) is 7.60. The summed E-state index contributed by atoms with van der Waals surface area (Å²) in [5.74, 6) is 0.352. The number of anilines is 2. The van der Waals surface area contributed by atoms with Crippen molar-refractivity contribution in [2.24, 2.45) is 0 Å². The van der Waals surface area contributed by atoms with E-state index in [0.717, 1.165) is 68.6 Å². The normalized spacial score (nSPS) is 14.3. The lowest BCUT2D eigenvalue weighted by molar-refractivity contribution is -0.113. The monoisotopic (exact) mass is 491 g/mol. The highest BCUT2D eigenvalue weighted by Gasteiger charge is 2.18. The highest BCUT2D eigenvalue weighted by atomic mass is 32.2. The SMILES string of the molecule is CCCCn1c(SCC(=O)Nc2ccc(N3CCN(Cc4ccccc4)CC3)cc2)nc(C)c1C. The molecule has 0 bridgehead atoms. The molecule has 1 N–H and O–H groups in total. The van der Waals surface area contributed by atoms with Crippen molar-refractivity contribution >= 4 is 29.0 Å². The average Bonchev–Trinajstić information content (AvgIpc) is 3.15. The molecule has 4 rings (SSSR count). The number of amides is 1. The molecule has 0 aliphatic carbocycles. The Balaban J connectivity index is 1.24. The van der Waals surface area contributed by atoms with Gasteiger partial charge in [-0.15, -0.1) is 0 Å². The Kier molecular flexibility index (Phi) is 8.88. The second-order valence-electron chi connectivity index (χ2n) is 9.20. The van der Waals surface area contributed by atoms with Gasteiger partial charge in [0.2, 0.25) is 5.91 Å². The topological polar surface area (TPSA) is 53.4 Å². The molecule has 0 unspecified atom stereocenters. The van der Waals surface area contributed by atoms with Crippen LogP contribution in [0, 0.1) is 13.8 Å². The van der Waals surface area contributed by atoms with Crippen LogP contribution in [0.5, 0.6) is 0 Å². The number of hydrogen-bond donors (Lipinski definition) is 1. The predicted octanol–water partition coefficient (Wildman–Crippen LogP) is 5.35. The van der Waals surface area contributed by atoms with E-state index in [4.69, 9.17) is 0 Å². The lowest BCUT2D eigenvalue weighted by Gasteiger charge is -2.36. The van der Waals surface area contributed by atoms with Crippen LogP contribution in [-0.2, 0) is 17.9 Å². The van der Waals surface area contributed by atoms with Crippen molar-refractivity contribution < 1.29 is 4.79 Å². The van der Waals surface area contributed by atoms with Gasteiger partial charge in [-0.2, -0.15) is 0 Å². The average molecular weight is 492 g/mol. The zero-order valence-corrected chi connectivity index (χ0v) is 22.0. The number of aryl methyl sites for hydroxylation is 1. The number of nitrogens with one attached hydrogen (secondary N) is 1. The molecule has 2 heterocycles. The van der Waals surface area contributed by atoms with E-state index in [2.05, 4.69) is 81.0 Å². The second-order valence-corrected chi connectivity index (χ2v) is 10.1. The highest BCUT2D eigenvalue weighted by Crippen LogP contribution is 2.23. The molecule has 0 saturated carbocycles. The van der Waals surface area contributed by atoms with Crippen LogP contribution in [-0.4, -0.2) is 52.3 Å². The van der Waals surface area contributed by atoms with E-state index in [9.17, 15) is 4.79 Å². The first-order valence-corrected chi connectivity index (χ1v) is 13.6. The van der Waals surface area contributed by atoms with E-state index in [0.29, 0.717) is 5.75 Å². The fourth-order valence-corrected chi connectivity index (χ4v) is 5.32. The predicted molar refractivity (Wildman–Crippen MR) is 146 cm³/mol. The maximum atomic E-state index is 12.6. The van der Waals surface area contributed by atoms with Gasteiger partial charge in [0.1, 0.15) is 0 Å². The van der Waals surface area contributed by atoms with E-state index in [-0.39, 0.29) is 5.91 Å². The molecule has 1 amide bonds. The van der Waals surface area contributed by atoms with Crippen molar-refractivity contribution in [2.75, 3.05) is 42.1 Å². The zero-order valence-electron chi connectivity index (χ0n) is 21.2. The largest absolute Gasteiger partial charge is 0.369 e. The first-order chi connectivity index (χ1) is 17.0. The summed E-state index contributed by atoms with van der Waals surface area (Å²) in [6, 6.07) is 18.9. The highest BCUT2D eigenvalue weighted by molar-refractivity contribution is 7.99. The molecular weight excluding hydrogens is 454 g/mol. The molecular formula is C28H37N5OS. The summed E-state index contributed by atoms with van der Waals surface area (Å²) in [6.45, 7) is 12.4. The van der Waals surface area contributed by atoms with Gasteiger partial charge in [0.15, 0.2) is 5.16 Å². The van der Waals surface area contributed by atoms with Crippen LogP contribution in [0.4, 0.5) is 11.4 Å². The summed E-state index contributed by atoms with van der Waals surface area (Å²) in [6.07, 6.45) is 2.26. The number of carbonyl (C=O) groups excluding carboxylic acids is 1. The number of imidazole rings is 1. The van der Waals surface area contributed by atoms with Crippen molar-refractivity contribution in [1.82, 2.24) is 14.5 Å². The Bertz CT molecular complexity index is 1090. The van der Waals surface area contributed by atoms with Gasteiger partial charge in [-0.05, 0) is 50.1 Å². The number of piperazine rings is 1. The van der Waals surface area contributed by atoms with Crippen LogP contribution in [0.1, 0.15) is 36.7 Å². The molecule has 6 nitrogen and oxygen atoms in total. The molecule has 0 spiro atoms. The summed E-state index contributed by atoms with van der Waals surface area (Å²) in [7, 11) is 0. The molecule has 35 heavy (non-hydrogen) atoms. The summed E-state index contributed by atoms with van der Waals surface area (Å²) in [5.41, 5.74) is 5.65. The Morgan fingerprint density at radius 2 is 1.71 bits per heavy atom. The van der Waals surface area contributed by atoms with E-state index in [1.165, 1.54) is 28.7 Å². The fourth-order valence-electron chi connectivity index (χ4n) is 4.40. The summed E-state index contributed by atoms with van der Waals surface area (Å²) in [4.78, 5) is 22.2. The van der Waals surface area contributed by atoms with E-state index < -0.39 is 0 Å². The molecule has 1 saturated heterocycles. The molecule has 1 aliphatic rings. The Morgan fingerprint density at radius 3 is 2.40 bits per heavy atom. The van der Waals surface area contributed by atoms with E-state index >= 15 is 0 Å². The van der Waals surface area contributed by atoms with Gasteiger partial charge in [-0.1, -0.05) is 55.4 Å². The smallest absolute Gasteiger partial charge is 0.234 e. The minimum atomic E-state index is -0.00220. The number of nitrogens with zero attached hydrogens (tertiary/aromatic N) is 4. The molecule has 1 aromatic heterocycles. The Morgan fingerprint density at radius 1 is 1.00 bits per heavy atom. The van der Waals surface area contributed by atoms with Gasteiger partial charge in [0, 0.05) is 56.3 Å². The van der Waals surface area contributed by atoms with Crippen molar-refractivity contribution in [3.63, 3.8) is 0 Å². The number of carbonyl (C=O) groups is 1. The van der Waals surface area contributed by atoms with Crippen LogP contribution < -0.4 is 10.2 Å². The quantitative estimate of drug-likeness (QED) is 0.387. The summed E-state index contributed by atoms with van der Waals surface area (Å²) >= 11 is 1.51. The van der Waals surface area contributed by atoms with Gasteiger partial charge >= 0.3 is 0 Å². The molecule has 3 aromatic rings. The van der Waals surface area contributed by atoms with Gasteiger partial charge in [-0.25, -0.2) is 4.98 Å². The zero-order chi connectivity index (χ0) is 24.6. The van der Waals surface area contributed by atoms with Crippen LogP contribution in [0.3, 0.4) is 0 Å². The van der Waals surface area contributed by atoms with E-state index in [1.807, 2.05) is 19.1 Å². The minimum Gasteiger partial charge on any atom is -0.369 e. The molecule has 0 radical (unpaired) electrons. The Labute approximate surface area is 213 Å². The molecule has 0 atom stereocenters.